The lowest BCUT2D eigenvalue weighted by atomic mass is 10.2. The highest BCUT2D eigenvalue weighted by atomic mass is 32.1. The predicted molar refractivity (Wildman–Crippen MR) is 98.3 cm³/mol. The molecule has 0 unspecified atom stereocenters. The SMILES string of the molecule is COc1cccc2cc(C(=O)Nc3nc(-c4ccccc4)cs3)oc12. The third-order valence-electron chi connectivity index (χ3n) is 3.75. The fourth-order valence-electron chi connectivity index (χ4n) is 2.54. The summed E-state index contributed by atoms with van der Waals surface area (Å²) in [5.74, 6) is 0.473. The number of hydrogen-bond acceptors (Lipinski definition) is 5. The van der Waals surface area contributed by atoms with Crippen LogP contribution in [0.5, 0.6) is 5.75 Å². The van der Waals surface area contributed by atoms with E-state index in [0.717, 1.165) is 16.6 Å². The van der Waals surface area contributed by atoms with Crippen molar-refractivity contribution in [2.75, 3.05) is 12.4 Å². The van der Waals surface area contributed by atoms with Crippen LogP contribution in [0.1, 0.15) is 10.6 Å². The van der Waals surface area contributed by atoms with Crippen molar-refractivity contribution in [3.63, 3.8) is 0 Å². The number of rotatable bonds is 4. The lowest BCUT2D eigenvalue weighted by Gasteiger charge is -1.99. The van der Waals surface area contributed by atoms with E-state index in [1.54, 1.807) is 19.2 Å². The van der Waals surface area contributed by atoms with E-state index in [2.05, 4.69) is 10.3 Å². The Bertz CT molecular complexity index is 1040. The number of amides is 1. The molecule has 0 aliphatic carbocycles. The zero-order chi connectivity index (χ0) is 17.2. The van der Waals surface area contributed by atoms with E-state index < -0.39 is 0 Å². The summed E-state index contributed by atoms with van der Waals surface area (Å²) in [7, 11) is 1.57. The number of carbonyl (C=O) groups is 1. The van der Waals surface area contributed by atoms with Gasteiger partial charge in [-0.15, -0.1) is 11.3 Å². The van der Waals surface area contributed by atoms with Crippen LogP contribution in [0.2, 0.25) is 0 Å². The van der Waals surface area contributed by atoms with Gasteiger partial charge in [-0.05, 0) is 12.1 Å². The van der Waals surface area contributed by atoms with Crippen LogP contribution < -0.4 is 10.1 Å². The Hall–Kier alpha value is -3.12. The number of thiazole rings is 1. The molecule has 0 bridgehead atoms. The highest BCUT2D eigenvalue weighted by molar-refractivity contribution is 7.14. The molecule has 0 aliphatic rings. The summed E-state index contributed by atoms with van der Waals surface area (Å²) < 4.78 is 10.9. The second-order valence-corrected chi connectivity index (χ2v) is 6.21. The first-order valence-electron chi connectivity index (χ1n) is 7.63. The molecule has 0 atom stereocenters. The Kier molecular flexibility index (Phi) is 3.95. The van der Waals surface area contributed by atoms with Gasteiger partial charge in [0, 0.05) is 16.3 Å². The number of aromatic nitrogens is 1. The lowest BCUT2D eigenvalue weighted by molar-refractivity contribution is 0.0998. The zero-order valence-electron chi connectivity index (χ0n) is 13.4. The van der Waals surface area contributed by atoms with Crippen LogP contribution in [0.4, 0.5) is 5.13 Å². The average Bonchev–Trinajstić information content (AvgIpc) is 3.29. The van der Waals surface area contributed by atoms with Gasteiger partial charge < -0.3 is 9.15 Å². The van der Waals surface area contributed by atoms with Crippen molar-refractivity contribution < 1.29 is 13.9 Å². The van der Waals surface area contributed by atoms with Crippen LogP contribution in [-0.4, -0.2) is 18.0 Å². The first-order chi connectivity index (χ1) is 12.2. The third kappa shape index (κ3) is 2.99. The van der Waals surface area contributed by atoms with Gasteiger partial charge in [0.2, 0.25) is 0 Å². The molecule has 0 radical (unpaired) electrons. The quantitative estimate of drug-likeness (QED) is 0.573. The standard InChI is InChI=1S/C19H14N2O3S/c1-23-15-9-5-8-13-10-16(24-17(13)15)18(22)21-19-20-14(11-25-19)12-6-3-2-4-7-12/h2-11H,1H3,(H,20,21,22). The molecule has 1 N–H and O–H groups in total. The maximum Gasteiger partial charge on any atom is 0.293 e. The Morgan fingerprint density at radius 3 is 2.80 bits per heavy atom. The van der Waals surface area contributed by atoms with Crippen molar-refractivity contribution in [2.24, 2.45) is 0 Å². The van der Waals surface area contributed by atoms with E-state index in [-0.39, 0.29) is 11.7 Å². The summed E-state index contributed by atoms with van der Waals surface area (Å²) in [5.41, 5.74) is 2.39. The molecular formula is C19H14N2O3S. The van der Waals surface area contributed by atoms with Crippen LogP contribution in [-0.2, 0) is 0 Å². The Morgan fingerprint density at radius 2 is 2.00 bits per heavy atom. The summed E-state index contributed by atoms with van der Waals surface area (Å²) in [4.78, 5) is 16.9. The zero-order valence-corrected chi connectivity index (χ0v) is 14.2. The largest absolute Gasteiger partial charge is 0.493 e. The highest BCUT2D eigenvalue weighted by Crippen LogP contribution is 2.29. The molecule has 2 aromatic heterocycles. The molecule has 4 aromatic rings. The van der Waals surface area contributed by atoms with E-state index in [4.69, 9.17) is 9.15 Å². The van der Waals surface area contributed by atoms with Crippen molar-refractivity contribution in [3.8, 4) is 17.0 Å². The fraction of sp³-hybridized carbons (Fsp3) is 0.0526. The number of benzene rings is 2. The minimum atomic E-state index is -0.341. The van der Waals surface area contributed by atoms with Gasteiger partial charge in [-0.3, -0.25) is 10.1 Å². The number of hydrogen-bond donors (Lipinski definition) is 1. The smallest absolute Gasteiger partial charge is 0.293 e. The maximum atomic E-state index is 12.5. The van der Waals surface area contributed by atoms with E-state index in [1.165, 1.54) is 11.3 Å². The summed E-state index contributed by atoms with van der Waals surface area (Å²) in [5, 5.41) is 6.03. The number of fused-ring (bicyclic) bond motifs is 1. The van der Waals surface area contributed by atoms with Crippen LogP contribution in [0.3, 0.4) is 0 Å². The minimum Gasteiger partial charge on any atom is -0.493 e. The van der Waals surface area contributed by atoms with Gasteiger partial charge in [0.05, 0.1) is 12.8 Å². The molecule has 5 nitrogen and oxygen atoms in total. The van der Waals surface area contributed by atoms with Gasteiger partial charge in [0.15, 0.2) is 22.2 Å². The molecule has 0 aliphatic heterocycles. The Balaban J connectivity index is 1.57. The van der Waals surface area contributed by atoms with E-state index in [9.17, 15) is 4.79 Å². The monoisotopic (exact) mass is 350 g/mol. The molecule has 2 aromatic carbocycles. The van der Waals surface area contributed by atoms with Crippen LogP contribution in [0, 0.1) is 0 Å². The van der Waals surface area contributed by atoms with Crippen molar-refractivity contribution in [3.05, 3.63) is 65.7 Å². The molecule has 1 amide bonds. The van der Waals surface area contributed by atoms with Gasteiger partial charge in [-0.2, -0.15) is 0 Å². The molecular weight excluding hydrogens is 336 g/mol. The molecule has 6 heteroatoms. The minimum absolute atomic E-state index is 0.218. The van der Waals surface area contributed by atoms with Crippen molar-refractivity contribution in [1.82, 2.24) is 4.98 Å². The number of anilines is 1. The normalized spacial score (nSPS) is 10.8. The van der Waals surface area contributed by atoms with E-state index in [0.29, 0.717) is 16.5 Å². The van der Waals surface area contributed by atoms with Crippen molar-refractivity contribution in [1.29, 1.82) is 0 Å². The van der Waals surface area contributed by atoms with E-state index in [1.807, 2.05) is 47.8 Å². The van der Waals surface area contributed by atoms with Crippen LogP contribution >= 0.6 is 11.3 Å². The van der Waals surface area contributed by atoms with Gasteiger partial charge in [0.1, 0.15) is 0 Å². The van der Waals surface area contributed by atoms with Gasteiger partial charge in [0.25, 0.3) is 5.91 Å². The molecule has 2 heterocycles. The summed E-state index contributed by atoms with van der Waals surface area (Å²) in [6.45, 7) is 0. The topological polar surface area (TPSA) is 64.4 Å². The average molecular weight is 350 g/mol. The number of para-hydroxylation sites is 1. The predicted octanol–water partition coefficient (Wildman–Crippen LogP) is 4.82. The Labute approximate surface area is 147 Å². The number of nitrogens with zero attached hydrogens (tertiary/aromatic N) is 1. The summed E-state index contributed by atoms with van der Waals surface area (Å²) in [6.07, 6.45) is 0. The van der Waals surface area contributed by atoms with Crippen LogP contribution in [0.25, 0.3) is 22.2 Å². The molecule has 25 heavy (non-hydrogen) atoms. The number of furan rings is 1. The first kappa shape index (κ1) is 15.4. The number of carbonyl (C=O) groups excluding carboxylic acids is 1. The molecule has 0 saturated heterocycles. The second kappa shape index (κ2) is 6.41. The molecule has 0 fully saturated rings. The molecule has 124 valence electrons. The highest BCUT2D eigenvalue weighted by Gasteiger charge is 2.16. The molecule has 0 saturated carbocycles. The third-order valence-corrected chi connectivity index (χ3v) is 4.50. The number of nitrogens with one attached hydrogen (secondary N) is 1. The van der Waals surface area contributed by atoms with Crippen molar-refractivity contribution in [2.45, 2.75) is 0 Å². The first-order valence-corrected chi connectivity index (χ1v) is 8.51. The molecule has 0 spiro atoms. The fourth-order valence-corrected chi connectivity index (χ4v) is 3.26. The van der Waals surface area contributed by atoms with E-state index >= 15 is 0 Å². The van der Waals surface area contributed by atoms with Crippen LogP contribution in [0.15, 0.2) is 64.4 Å². The molecule has 4 rings (SSSR count). The summed E-state index contributed by atoms with van der Waals surface area (Å²) >= 11 is 1.37. The number of methoxy groups -OCH3 is 1. The second-order valence-electron chi connectivity index (χ2n) is 5.35. The van der Waals surface area contributed by atoms with Gasteiger partial charge in [-0.25, -0.2) is 4.98 Å². The Morgan fingerprint density at radius 1 is 1.16 bits per heavy atom. The maximum absolute atomic E-state index is 12.5. The van der Waals surface area contributed by atoms with Crippen molar-refractivity contribution >= 4 is 33.3 Å². The van der Waals surface area contributed by atoms with Gasteiger partial charge in [-0.1, -0.05) is 42.5 Å². The number of ether oxygens (including phenoxy) is 1. The summed E-state index contributed by atoms with van der Waals surface area (Å²) in [6, 6.07) is 17.0. The lowest BCUT2D eigenvalue weighted by Crippen LogP contribution is -2.10. The van der Waals surface area contributed by atoms with Gasteiger partial charge >= 0.3 is 0 Å².